The van der Waals surface area contributed by atoms with E-state index in [2.05, 4.69) is 15.3 Å². The van der Waals surface area contributed by atoms with Gasteiger partial charge in [-0.15, -0.1) is 0 Å². The van der Waals surface area contributed by atoms with Crippen molar-refractivity contribution in [3.63, 3.8) is 0 Å². The first kappa shape index (κ1) is 14.8. The highest BCUT2D eigenvalue weighted by Crippen LogP contribution is 2.10. The lowest BCUT2D eigenvalue weighted by Gasteiger charge is -2.07. The highest BCUT2D eigenvalue weighted by atomic mass is 16.5. The zero-order valence-corrected chi connectivity index (χ0v) is 11.7. The van der Waals surface area contributed by atoms with Crippen molar-refractivity contribution >= 4 is 11.9 Å². The second-order valence-corrected chi connectivity index (χ2v) is 4.42. The van der Waals surface area contributed by atoms with Gasteiger partial charge in [0.1, 0.15) is 0 Å². The Hall–Kier alpha value is -2.63. The van der Waals surface area contributed by atoms with Crippen molar-refractivity contribution < 1.29 is 14.6 Å². The van der Waals surface area contributed by atoms with Gasteiger partial charge in [-0.2, -0.15) is 4.98 Å². The van der Waals surface area contributed by atoms with Crippen molar-refractivity contribution in [1.29, 1.82) is 0 Å². The highest BCUT2D eigenvalue weighted by Gasteiger charge is 2.03. The van der Waals surface area contributed by atoms with Crippen LogP contribution >= 0.6 is 0 Å². The molecule has 0 saturated heterocycles. The van der Waals surface area contributed by atoms with Crippen molar-refractivity contribution in [2.24, 2.45) is 0 Å². The topological polar surface area (TPSA) is 84.3 Å². The summed E-state index contributed by atoms with van der Waals surface area (Å²) in [7, 11) is 0. The van der Waals surface area contributed by atoms with E-state index in [9.17, 15) is 4.79 Å². The second-order valence-electron chi connectivity index (χ2n) is 4.42. The van der Waals surface area contributed by atoms with E-state index in [4.69, 9.17) is 9.84 Å². The van der Waals surface area contributed by atoms with E-state index in [1.54, 1.807) is 36.5 Å². The Kier molecular flexibility index (Phi) is 5.09. The first-order chi connectivity index (χ1) is 10.2. The molecule has 0 aliphatic carbocycles. The van der Waals surface area contributed by atoms with Crippen LogP contribution in [0.1, 0.15) is 29.3 Å². The highest BCUT2D eigenvalue weighted by molar-refractivity contribution is 5.87. The molecule has 21 heavy (non-hydrogen) atoms. The molecule has 0 amide bonds. The van der Waals surface area contributed by atoms with Gasteiger partial charge < -0.3 is 15.2 Å². The van der Waals surface area contributed by atoms with Gasteiger partial charge in [-0.3, -0.25) is 0 Å². The Morgan fingerprint density at radius 3 is 2.71 bits per heavy atom. The summed E-state index contributed by atoms with van der Waals surface area (Å²) in [5.41, 5.74) is 1.22. The fourth-order valence-electron chi connectivity index (χ4n) is 1.66. The zero-order chi connectivity index (χ0) is 15.1. The van der Waals surface area contributed by atoms with Gasteiger partial charge in [-0.25, -0.2) is 9.78 Å². The zero-order valence-electron chi connectivity index (χ0n) is 11.7. The summed E-state index contributed by atoms with van der Waals surface area (Å²) in [6.45, 7) is 3.16. The molecule has 6 heteroatoms. The molecule has 110 valence electrons. The van der Waals surface area contributed by atoms with Crippen LogP contribution in [0.25, 0.3) is 0 Å². The van der Waals surface area contributed by atoms with Crippen LogP contribution in [0.2, 0.25) is 0 Å². The number of carbonyl (C=O) groups is 1. The third kappa shape index (κ3) is 4.45. The van der Waals surface area contributed by atoms with Crippen molar-refractivity contribution in [3.8, 4) is 5.88 Å². The minimum Gasteiger partial charge on any atom is -0.478 e. The van der Waals surface area contributed by atoms with E-state index in [1.807, 2.05) is 6.92 Å². The number of aromatic carboxylic acids is 1. The van der Waals surface area contributed by atoms with E-state index in [0.717, 1.165) is 12.0 Å². The molecule has 2 aromatic rings. The first-order valence-electron chi connectivity index (χ1n) is 6.71. The van der Waals surface area contributed by atoms with Crippen LogP contribution in [-0.2, 0) is 6.54 Å². The number of carboxylic acid groups (broad SMARTS) is 1. The van der Waals surface area contributed by atoms with Crippen LogP contribution in [-0.4, -0.2) is 27.7 Å². The lowest BCUT2D eigenvalue weighted by molar-refractivity contribution is 0.0697. The molecular weight excluding hydrogens is 270 g/mol. The molecule has 1 heterocycles. The molecule has 1 aromatic heterocycles. The van der Waals surface area contributed by atoms with Gasteiger partial charge in [-0.1, -0.05) is 19.1 Å². The summed E-state index contributed by atoms with van der Waals surface area (Å²) < 4.78 is 5.43. The molecular formula is C15H17N3O3. The van der Waals surface area contributed by atoms with Crippen LogP contribution in [0.3, 0.4) is 0 Å². The van der Waals surface area contributed by atoms with Crippen LogP contribution < -0.4 is 10.1 Å². The third-order valence-corrected chi connectivity index (χ3v) is 2.74. The maximum Gasteiger partial charge on any atom is 0.335 e. The average molecular weight is 287 g/mol. The minimum atomic E-state index is -0.932. The van der Waals surface area contributed by atoms with E-state index in [1.165, 1.54) is 0 Å². The van der Waals surface area contributed by atoms with E-state index < -0.39 is 5.97 Å². The number of nitrogens with one attached hydrogen (secondary N) is 1. The summed E-state index contributed by atoms with van der Waals surface area (Å²) in [5.74, 6) is 0.0834. The Balaban J connectivity index is 1.94. The molecule has 0 aliphatic heterocycles. The number of hydrogen-bond donors (Lipinski definition) is 2. The quantitative estimate of drug-likeness (QED) is 0.814. The lowest BCUT2D eigenvalue weighted by atomic mass is 10.1. The molecule has 6 nitrogen and oxygen atoms in total. The Bertz CT molecular complexity index is 599. The lowest BCUT2D eigenvalue weighted by Crippen LogP contribution is -2.05. The molecule has 0 fully saturated rings. The minimum absolute atomic E-state index is 0.268. The van der Waals surface area contributed by atoms with Crippen molar-refractivity contribution in [2.45, 2.75) is 19.9 Å². The fourth-order valence-corrected chi connectivity index (χ4v) is 1.66. The van der Waals surface area contributed by atoms with Crippen LogP contribution in [0.5, 0.6) is 5.88 Å². The number of nitrogens with zero attached hydrogens (tertiary/aromatic N) is 2. The number of rotatable bonds is 7. The molecule has 0 atom stereocenters. The molecule has 0 radical (unpaired) electrons. The standard InChI is InChI=1S/C15H17N3O3/c1-2-9-21-13-7-8-16-15(18-13)17-10-11-3-5-12(6-4-11)14(19)20/h3-8H,2,9-10H2,1H3,(H,19,20)(H,16,17,18). The van der Waals surface area contributed by atoms with Gasteiger partial charge in [0.2, 0.25) is 11.8 Å². The molecule has 0 saturated carbocycles. The summed E-state index contributed by atoms with van der Waals surface area (Å²) in [6, 6.07) is 8.37. The fraction of sp³-hybridized carbons (Fsp3) is 0.267. The number of aromatic nitrogens is 2. The smallest absolute Gasteiger partial charge is 0.335 e. The predicted octanol–water partition coefficient (Wildman–Crippen LogP) is 2.58. The average Bonchev–Trinajstić information content (AvgIpc) is 2.52. The largest absolute Gasteiger partial charge is 0.478 e. The summed E-state index contributed by atoms with van der Waals surface area (Å²) in [6.07, 6.45) is 2.55. The maximum absolute atomic E-state index is 10.8. The number of ether oxygens (including phenoxy) is 1. The van der Waals surface area contributed by atoms with E-state index >= 15 is 0 Å². The number of benzene rings is 1. The monoisotopic (exact) mass is 287 g/mol. The second kappa shape index (κ2) is 7.23. The van der Waals surface area contributed by atoms with Crippen LogP contribution in [0.15, 0.2) is 36.5 Å². The molecule has 0 bridgehead atoms. The summed E-state index contributed by atoms with van der Waals surface area (Å²) >= 11 is 0. The summed E-state index contributed by atoms with van der Waals surface area (Å²) in [4.78, 5) is 19.1. The van der Waals surface area contributed by atoms with Crippen molar-refractivity contribution in [1.82, 2.24) is 9.97 Å². The Morgan fingerprint density at radius 1 is 1.29 bits per heavy atom. The van der Waals surface area contributed by atoms with Gasteiger partial charge in [0.15, 0.2) is 0 Å². The van der Waals surface area contributed by atoms with Gasteiger partial charge in [-0.05, 0) is 24.1 Å². The Morgan fingerprint density at radius 2 is 2.05 bits per heavy atom. The predicted molar refractivity (Wildman–Crippen MR) is 78.5 cm³/mol. The molecule has 1 aromatic carbocycles. The van der Waals surface area contributed by atoms with Gasteiger partial charge in [0.05, 0.1) is 12.2 Å². The third-order valence-electron chi connectivity index (χ3n) is 2.74. The first-order valence-corrected chi connectivity index (χ1v) is 6.71. The number of anilines is 1. The van der Waals surface area contributed by atoms with Gasteiger partial charge in [0, 0.05) is 18.8 Å². The Labute approximate surface area is 122 Å². The SMILES string of the molecule is CCCOc1ccnc(NCc2ccc(C(=O)O)cc2)n1. The molecule has 0 aliphatic rings. The summed E-state index contributed by atoms with van der Waals surface area (Å²) in [5, 5.41) is 11.9. The molecule has 2 rings (SSSR count). The van der Waals surface area contributed by atoms with E-state index in [-0.39, 0.29) is 5.56 Å². The number of carboxylic acids is 1. The van der Waals surface area contributed by atoms with Gasteiger partial charge >= 0.3 is 5.97 Å². The van der Waals surface area contributed by atoms with Crippen LogP contribution in [0, 0.1) is 0 Å². The molecule has 0 spiro atoms. The van der Waals surface area contributed by atoms with Crippen LogP contribution in [0.4, 0.5) is 5.95 Å². The molecule has 2 N–H and O–H groups in total. The molecule has 0 unspecified atom stereocenters. The van der Waals surface area contributed by atoms with Crippen molar-refractivity contribution in [2.75, 3.05) is 11.9 Å². The van der Waals surface area contributed by atoms with E-state index in [0.29, 0.717) is 25.0 Å². The number of hydrogen-bond acceptors (Lipinski definition) is 5. The normalized spacial score (nSPS) is 10.1. The van der Waals surface area contributed by atoms with Gasteiger partial charge in [0.25, 0.3) is 0 Å². The maximum atomic E-state index is 10.8. The van der Waals surface area contributed by atoms with Crippen molar-refractivity contribution in [3.05, 3.63) is 47.7 Å².